The number of hydrogen-bond acceptors (Lipinski definition) is 4. The molecule has 0 unspecified atom stereocenters. The molecule has 0 saturated carbocycles. The van der Waals surface area contributed by atoms with Gasteiger partial charge in [-0.2, -0.15) is 0 Å². The lowest BCUT2D eigenvalue weighted by atomic mass is 9.91. The number of piperidine rings is 1. The van der Waals surface area contributed by atoms with E-state index < -0.39 is 11.7 Å². The predicted molar refractivity (Wildman–Crippen MR) is 92.1 cm³/mol. The van der Waals surface area contributed by atoms with Crippen molar-refractivity contribution in [2.75, 3.05) is 25.5 Å². The van der Waals surface area contributed by atoms with E-state index in [1.165, 1.54) is 18.4 Å². The summed E-state index contributed by atoms with van der Waals surface area (Å²) in [5.41, 5.74) is 1.35. The van der Waals surface area contributed by atoms with Crippen molar-refractivity contribution in [2.24, 2.45) is 5.92 Å². The van der Waals surface area contributed by atoms with Crippen LogP contribution in [0.1, 0.15) is 39.2 Å². The average molecular weight is 320 g/mol. The Morgan fingerprint density at radius 3 is 2.61 bits per heavy atom. The first kappa shape index (κ1) is 17.6. The quantitative estimate of drug-likeness (QED) is 0.890. The van der Waals surface area contributed by atoms with Crippen LogP contribution in [0.2, 0.25) is 0 Å². The molecule has 5 heteroatoms. The Morgan fingerprint density at radius 1 is 1.30 bits per heavy atom. The number of carbonyl (C=O) groups is 1. The molecule has 1 amide bonds. The molecule has 1 aromatic rings. The third kappa shape index (κ3) is 5.75. The standard InChI is InChI=1S/C18H28N2O3/c1-18(2,3)23-17(21)20-15-6-5-14(12-16(15)22-4)11-13-7-9-19-10-8-13/h5-6,12-13,19H,7-11H2,1-4H3,(H,20,21). The number of ether oxygens (including phenoxy) is 2. The van der Waals surface area contributed by atoms with Gasteiger partial charge in [0.15, 0.2) is 0 Å². The maximum Gasteiger partial charge on any atom is 0.412 e. The van der Waals surface area contributed by atoms with E-state index in [0.29, 0.717) is 17.4 Å². The van der Waals surface area contributed by atoms with Crippen LogP contribution < -0.4 is 15.4 Å². The lowest BCUT2D eigenvalue weighted by Gasteiger charge is -2.23. The van der Waals surface area contributed by atoms with E-state index in [2.05, 4.69) is 16.7 Å². The normalized spacial score (nSPS) is 16.0. The van der Waals surface area contributed by atoms with Crippen LogP contribution in [0.3, 0.4) is 0 Å². The molecule has 1 aliphatic rings. The Hall–Kier alpha value is -1.75. The molecule has 0 aromatic heterocycles. The highest BCUT2D eigenvalue weighted by Gasteiger charge is 2.18. The van der Waals surface area contributed by atoms with Crippen molar-refractivity contribution in [3.05, 3.63) is 23.8 Å². The summed E-state index contributed by atoms with van der Waals surface area (Å²) in [4.78, 5) is 11.9. The molecule has 5 nitrogen and oxygen atoms in total. The summed E-state index contributed by atoms with van der Waals surface area (Å²) in [7, 11) is 1.61. The molecule has 1 heterocycles. The SMILES string of the molecule is COc1cc(CC2CCNCC2)ccc1NC(=O)OC(C)(C)C. The van der Waals surface area contributed by atoms with Gasteiger partial charge < -0.3 is 14.8 Å². The fraction of sp³-hybridized carbons (Fsp3) is 0.611. The molecule has 23 heavy (non-hydrogen) atoms. The smallest absolute Gasteiger partial charge is 0.412 e. The van der Waals surface area contributed by atoms with Crippen molar-refractivity contribution in [3.63, 3.8) is 0 Å². The average Bonchev–Trinajstić information content (AvgIpc) is 2.48. The topological polar surface area (TPSA) is 59.6 Å². The van der Waals surface area contributed by atoms with Gasteiger partial charge in [-0.25, -0.2) is 4.79 Å². The van der Waals surface area contributed by atoms with E-state index in [0.717, 1.165) is 19.5 Å². The van der Waals surface area contributed by atoms with E-state index in [1.807, 2.05) is 32.9 Å². The zero-order valence-corrected chi connectivity index (χ0v) is 14.6. The van der Waals surface area contributed by atoms with Crippen molar-refractivity contribution in [3.8, 4) is 5.75 Å². The van der Waals surface area contributed by atoms with Gasteiger partial charge in [0.25, 0.3) is 0 Å². The van der Waals surface area contributed by atoms with Crippen molar-refractivity contribution in [2.45, 2.75) is 45.6 Å². The fourth-order valence-electron chi connectivity index (χ4n) is 2.80. The summed E-state index contributed by atoms with van der Waals surface area (Å²) < 4.78 is 10.7. The minimum Gasteiger partial charge on any atom is -0.495 e. The molecule has 2 N–H and O–H groups in total. The molecule has 128 valence electrons. The third-order valence-electron chi connectivity index (χ3n) is 3.88. The van der Waals surface area contributed by atoms with E-state index in [4.69, 9.17) is 9.47 Å². The summed E-state index contributed by atoms with van der Waals surface area (Å²) in [6, 6.07) is 5.95. The highest BCUT2D eigenvalue weighted by Crippen LogP contribution is 2.28. The van der Waals surface area contributed by atoms with Crippen LogP contribution in [-0.4, -0.2) is 31.9 Å². The maximum absolute atomic E-state index is 11.9. The van der Waals surface area contributed by atoms with Crippen LogP contribution >= 0.6 is 0 Å². The van der Waals surface area contributed by atoms with Gasteiger partial charge in [-0.3, -0.25) is 5.32 Å². The van der Waals surface area contributed by atoms with Crippen LogP contribution in [0.5, 0.6) is 5.75 Å². The molecular formula is C18H28N2O3. The summed E-state index contributed by atoms with van der Waals surface area (Å²) in [5, 5.41) is 6.14. The second-order valence-corrected chi connectivity index (χ2v) is 7.06. The lowest BCUT2D eigenvalue weighted by Crippen LogP contribution is -2.28. The minimum atomic E-state index is -0.522. The van der Waals surface area contributed by atoms with E-state index in [-0.39, 0.29) is 0 Å². The zero-order chi connectivity index (χ0) is 16.9. The van der Waals surface area contributed by atoms with Gasteiger partial charge in [0.1, 0.15) is 11.4 Å². The van der Waals surface area contributed by atoms with Gasteiger partial charge in [0, 0.05) is 0 Å². The molecule has 0 radical (unpaired) electrons. The summed E-state index contributed by atoms with van der Waals surface area (Å²) >= 11 is 0. The van der Waals surface area contributed by atoms with E-state index in [1.54, 1.807) is 7.11 Å². The molecular weight excluding hydrogens is 292 g/mol. The van der Waals surface area contributed by atoms with Gasteiger partial charge in [0.2, 0.25) is 0 Å². The zero-order valence-electron chi connectivity index (χ0n) is 14.6. The van der Waals surface area contributed by atoms with Crippen molar-refractivity contribution in [1.29, 1.82) is 0 Å². The number of amides is 1. The number of hydrogen-bond donors (Lipinski definition) is 2. The van der Waals surface area contributed by atoms with Crippen LogP contribution in [0.4, 0.5) is 10.5 Å². The Labute approximate surface area is 138 Å². The third-order valence-corrected chi connectivity index (χ3v) is 3.88. The highest BCUT2D eigenvalue weighted by molar-refractivity contribution is 5.87. The second-order valence-electron chi connectivity index (χ2n) is 7.06. The summed E-state index contributed by atoms with van der Waals surface area (Å²) in [5.74, 6) is 1.38. The van der Waals surface area contributed by atoms with E-state index >= 15 is 0 Å². The largest absolute Gasteiger partial charge is 0.495 e. The second kappa shape index (κ2) is 7.68. The molecule has 0 spiro atoms. The molecule has 0 aliphatic carbocycles. The number of methoxy groups -OCH3 is 1. The highest BCUT2D eigenvalue weighted by atomic mass is 16.6. The van der Waals surface area contributed by atoms with Gasteiger partial charge in [-0.15, -0.1) is 0 Å². The van der Waals surface area contributed by atoms with Crippen LogP contribution in [0.15, 0.2) is 18.2 Å². The van der Waals surface area contributed by atoms with Crippen LogP contribution in [0, 0.1) is 5.92 Å². The van der Waals surface area contributed by atoms with Crippen molar-refractivity contribution >= 4 is 11.8 Å². The molecule has 1 fully saturated rings. The Balaban J connectivity index is 2.02. The first-order chi connectivity index (χ1) is 10.9. The first-order valence-electron chi connectivity index (χ1n) is 8.25. The number of carbonyl (C=O) groups excluding carboxylic acids is 1. The summed E-state index contributed by atoms with van der Waals surface area (Å²) in [6.07, 6.45) is 2.99. The van der Waals surface area contributed by atoms with E-state index in [9.17, 15) is 4.79 Å². The molecule has 1 saturated heterocycles. The number of anilines is 1. The Bertz CT molecular complexity index is 532. The van der Waals surface area contributed by atoms with Crippen LogP contribution in [-0.2, 0) is 11.2 Å². The number of benzene rings is 1. The van der Waals surface area contributed by atoms with Crippen molar-refractivity contribution < 1.29 is 14.3 Å². The maximum atomic E-state index is 11.9. The van der Waals surface area contributed by atoms with Gasteiger partial charge in [-0.05, 0) is 76.7 Å². The van der Waals surface area contributed by atoms with Crippen molar-refractivity contribution in [1.82, 2.24) is 5.32 Å². The number of nitrogens with one attached hydrogen (secondary N) is 2. The van der Waals surface area contributed by atoms with Gasteiger partial charge in [0.05, 0.1) is 12.8 Å². The predicted octanol–water partition coefficient (Wildman–Crippen LogP) is 3.58. The first-order valence-corrected chi connectivity index (χ1v) is 8.25. The minimum absolute atomic E-state index is 0.470. The van der Waals surface area contributed by atoms with Gasteiger partial charge in [-0.1, -0.05) is 6.07 Å². The number of rotatable bonds is 4. The molecule has 0 bridgehead atoms. The molecule has 1 aliphatic heterocycles. The van der Waals surface area contributed by atoms with Gasteiger partial charge >= 0.3 is 6.09 Å². The molecule has 2 rings (SSSR count). The van der Waals surface area contributed by atoms with Crippen LogP contribution in [0.25, 0.3) is 0 Å². The monoisotopic (exact) mass is 320 g/mol. The Morgan fingerprint density at radius 2 is 2.00 bits per heavy atom. The fourth-order valence-corrected chi connectivity index (χ4v) is 2.80. The lowest BCUT2D eigenvalue weighted by molar-refractivity contribution is 0.0635. The Kier molecular flexibility index (Phi) is 5.88. The molecule has 1 aromatic carbocycles. The summed E-state index contributed by atoms with van der Waals surface area (Å²) in [6.45, 7) is 7.71. The molecule has 0 atom stereocenters.